The first-order valence-corrected chi connectivity index (χ1v) is 12.0. The molecular weight excluding hydrogens is 634 g/mol. The van der Waals surface area contributed by atoms with Crippen LogP contribution in [0.3, 0.4) is 0 Å². The molecule has 0 heterocycles. The minimum absolute atomic E-state index is 0.0593. The number of benzene rings is 3. The molecule has 2 N–H and O–H groups in total. The number of hydrogen-bond donors (Lipinski definition) is 1. The van der Waals surface area contributed by atoms with Crippen molar-refractivity contribution < 1.29 is 4.79 Å². The molecule has 142 valence electrons. The second-order valence-corrected chi connectivity index (χ2v) is 10.5. The Morgan fingerprint density at radius 2 is 1.39 bits per heavy atom. The van der Waals surface area contributed by atoms with Gasteiger partial charge in [0, 0.05) is 33.9 Å². The minimum Gasteiger partial charge on any atom is -0.397 e. The first-order chi connectivity index (χ1) is 13.3. The van der Waals surface area contributed by atoms with Gasteiger partial charge >= 0.3 is 0 Å². The van der Waals surface area contributed by atoms with E-state index < -0.39 is 0 Å². The lowest BCUT2D eigenvalue weighted by Crippen LogP contribution is -2.02. The zero-order chi connectivity index (χ0) is 20.3. The Labute approximate surface area is 201 Å². The number of nitrogens with two attached hydrogens (primary N) is 1. The van der Waals surface area contributed by atoms with Crippen molar-refractivity contribution in [1.82, 2.24) is 0 Å². The third-order valence-corrected chi connectivity index (χ3v) is 6.99. The van der Waals surface area contributed by atoms with Gasteiger partial charge in [0.05, 0.1) is 10.6 Å². The van der Waals surface area contributed by atoms with Crippen LogP contribution in [0.4, 0.5) is 5.69 Å². The second kappa shape index (κ2) is 9.76. The molecule has 3 aromatic carbocycles. The third-order valence-electron chi connectivity index (χ3n) is 3.78. The van der Waals surface area contributed by atoms with Gasteiger partial charge in [-0.3, -0.25) is 4.79 Å². The second-order valence-electron chi connectivity index (χ2n) is 5.79. The predicted octanol–water partition coefficient (Wildman–Crippen LogP) is 8.33. The number of hydrogen-bond acceptors (Lipinski definition) is 3. The van der Waals surface area contributed by atoms with Gasteiger partial charge in [0.15, 0.2) is 5.78 Å². The van der Waals surface area contributed by atoms with Crippen molar-refractivity contribution in [2.75, 3.05) is 5.73 Å². The number of anilines is 1. The van der Waals surface area contributed by atoms with Crippen LogP contribution in [-0.4, -0.2) is 5.78 Å². The molecule has 0 aromatic heterocycles. The first-order valence-electron chi connectivity index (χ1n) is 8.03. The van der Waals surface area contributed by atoms with Gasteiger partial charge in [-0.25, -0.2) is 0 Å². The monoisotopic (exact) mass is 643 g/mol. The summed E-state index contributed by atoms with van der Waals surface area (Å²) in [5, 5.41) is 0. The van der Waals surface area contributed by atoms with E-state index in [9.17, 15) is 4.79 Å². The van der Waals surface area contributed by atoms with Crippen LogP contribution < -0.4 is 5.73 Å². The molecular formula is C21H13Br4NOS. The molecule has 0 aliphatic heterocycles. The lowest BCUT2D eigenvalue weighted by molar-refractivity contribution is 0.104. The smallest absolute Gasteiger partial charge is 0.199 e. The Bertz CT molecular complexity index is 1050. The Morgan fingerprint density at radius 1 is 0.821 bits per heavy atom. The van der Waals surface area contributed by atoms with Gasteiger partial charge in [0.1, 0.15) is 0 Å². The summed E-state index contributed by atoms with van der Waals surface area (Å²) in [7, 11) is 0. The van der Waals surface area contributed by atoms with Crippen LogP contribution in [0, 0.1) is 0 Å². The van der Waals surface area contributed by atoms with Gasteiger partial charge in [-0.1, -0.05) is 59.6 Å². The molecule has 7 heteroatoms. The van der Waals surface area contributed by atoms with Crippen molar-refractivity contribution in [2.45, 2.75) is 4.90 Å². The quantitative estimate of drug-likeness (QED) is 0.131. The summed E-state index contributed by atoms with van der Waals surface area (Å²) in [4.78, 5) is 14.8. The van der Waals surface area contributed by atoms with Gasteiger partial charge in [-0.05, 0) is 82.7 Å². The summed E-state index contributed by atoms with van der Waals surface area (Å²) in [6, 6.07) is 19.0. The minimum atomic E-state index is -0.0593. The normalized spacial score (nSPS) is 11.5. The zero-order valence-corrected chi connectivity index (χ0v) is 21.4. The number of rotatable bonds is 5. The van der Waals surface area contributed by atoms with Crippen molar-refractivity contribution in [3.63, 3.8) is 0 Å². The Balaban J connectivity index is 2.06. The fourth-order valence-electron chi connectivity index (χ4n) is 2.38. The number of carbonyl (C=O) groups excluding carboxylic acids is 1. The van der Waals surface area contributed by atoms with Crippen LogP contribution in [0.5, 0.6) is 0 Å². The molecule has 0 fully saturated rings. The Kier molecular flexibility index (Phi) is 7.61. The first kappa shape index (κ1) is 21.8. The molecule has 0 bridgehead atoms. The lowest BCUT2D eigenvalue weighted by atomic mass is 10.1. The predicted molar refractivity (Wildman–Crippen MR) is 133 cm³/mol. The fraction of sp³-hybridized carbons (Fsp3) is 0. The van der Waals surface area contributed by atoms with E-state index in [0.29, 0.717) is 16.2 Å². The van der Waals surface area contributed by atoms with Crippen molar-refractivity contribution in [3.05, 3.63) is 94.6 Å². The van der Waals surface area contributed by atoms with Gasteiger partial charge in [0.2, 0.25) is 0 Å². The van der Waals surface area contributed by atoms with Crippen LogP contribution in [0.25, 0.3) is 6.08 Å². The number of halogens is 4. The SMILES string of the molecule is Nc1c(Br)cc(Br)cc1/C=C(/Sc1ccc(Br)cc1)C(=O)c1ccc(Br)cc1. The highest BCUT2D eigenvalue weighted by Crippen LogP contribution is 2.35. The molecule has 3 rings (SSSR count). The molecule has 0 aliphatic carbocycles. The van der Waals surface area contributed by atoms with E-state index >= 15 is 0 Å². The van der Waals surface area contributed by atoms with Crippen LogP contribution in [-0.2, 0) is 0 Å². The number of ketones is 1. The van der Waals surface area contributed by atoms with Crippen LogP contribution in [0.2, 0.25) is 0 Å². The van der Waals surface area contributed by atoms with E-state index in [0.717, 1.165) is 28.3 Å². The van der Waals surface area contributed by atoms with Crippen molar-refractivity contribution in [3.8, 4) is 0 Å². The molecule has 0 amide bonds. The van der Waals surface area contributed by atoms with Gasteiger partial charge in [0.25, 0.3) is 0 Å². The fourth-order valence-corrected chi connectivity index (χ4v) is 5.09. The number of thioether (sulfide) groups is 1. The average molecular weight is 647 g/mol. The van der Waals surface area contributed by atoms with Crippen molar-refractivity contribution in [2.24, 2.45) is 0 Å². The standard InChI is InChI=1S/C21H13Br4NOS/c22-14-3-1-12(2-4-14)21(27)19(28-17-7-5-15(23)6-8-17)10-13-9-16(24)11-18(25)20(13)26/h1-11H,26H2/b19-10+. The Hall–Kier alpha value is -0.860. The highest BCUT2D eigenvalue weighted by molar-refractivity contribution is 9.11. The van der Waals surface area contributed by atoms with E-state index in [2.05, 4.69) is 63.7 Å². The third kappa shape index (κ3) is 5.60. The van der Waals surface area contributed by atoms with E-state index in [1.165, 1.54) is 11.8 Å². The molecule has 0 saturated heterocycles. The lowest BCUT2D eigenvalue weighted by Gasteiger charge is -2.10. The summed E-state index contributed by atoms with van der Waals surface area (Å²) in [5.41, 5.74) is 8.20. The number of Topliss-reactive ketones (excluding diaryl/α,β-unsaturated/α-hetero) is 1. The largest absolute Gasteiger partial charge is 0.397 e. The maximum Gasteiger partial charge on any atom is 0.199 e. The van der Waals surface area contributed by atoms with Crippen molar-refractivity contribution in [1.29, 1.82) is 0 Å². The summed E-state index contributed by atoms with van der Waals surface area (Å²) in [5.74, 6) is -0.0593. The number of nitrogen functional groups attached to an aromatic ring is 1. The maximum absolute atomic E-state index is 13.2. The molecule has 0 unspecified atom stereocenters. The highest BCUT2D eigenvalue weighted by Gasteiger charge is 2.16. The van der Waals surface area contributed by atoms with E-state index in [-0.39, 0.29) is 5.78 Å². The topological polar surface area (TPSA) is 43.1 Å². The molecule has 0 spiro atoms. The molecule has 2 nitrogen and oxygen atoms in total. The van der Waals surface area contributed by atoms with E-state index in [1.807, 2.05) is 66.7 Å². The average Bonchev–Trinajstić information content (AvgIpc) is 2.67. The van der Waals surface area contributed by atoms with Crippen LogP contribution in [0.15, 0.2) is 88.4 Å². The molecule has 3 aromatic rings. The zero-order valence-electron chi connectivity index (χ0n) is 14.3. The molecule has 0 aliphatic rings. The maximum atomic E-state index is 13.2. The van der Waals surface area contributed by atoms with Gasteiger partial charge in [-0.15, -0.1) is 0 Å². The van der Waals surface area contributed by atoms with Crippen molar-refractivity contribution >= 4 is 93.0 Å². The van der Waals surface area contributed by atoms with Crippen LogP contribution in [0.1, 0.15) is 15.9 Å². The number of allylic oxidation sites excluding steroid dienone is 1. The summed E-state index contributed by atoms with van der Waals surface area (Å²) in [6.07, 6.45) is 1.84. The van der Waals surface area contributed by atoms with Gasteiger partial charge < -0.3 is 5.73 Å². The molecule has 0 saturated carbocycles. The summed E-state index contributed by atoms with van der Waals surface area (Å²) >= 11 is 15.2. The summed E-state index contributed by atoms with van der Waals surface area (Å²) < 4.78 is 3.57. The molecule has 0 radical (unpaired) electrons. The molecule has 28 heavy (non-hydrogen) atoms. The summed E-state index contributed by atoms with van der Waals surface area (Å²) in [6.45, 7) is 0. The van der Waals surface area contributed by atoms with E-state index in [4.69, 9.17) is 5.73 Å². The molecule has 0 atom stereocenters. The Morgan fingerprint density at radius 3 is 2.00 bits per heavy atom. The van der Waals surface area contributed by atoms with Crippen LogP contribution >= 0.6 is 75.5 Å². The van der Waals surface area contributed by atoms with Gasteiger partial charge in [-0.2, -0.15) is 0 Å². The number of carbonyl (C=O) groups is 1. The van der Waals surface area contributed by atoms with E-state index in [1.54, 1.807) is 0 Å². The highest BCUT2D eigenvalue weighted by atomic mass is 79.9.